The lowest BCUT2D eigenvalue weighted by molar-refractivity contribution is 0.181. The Hall–Kier alpha value is -1.86. The van der Waals surface area contributed by atoms with Gasteiger partial charge in [-0.2, -0.15) is 0 Å². The standard InChI is InChI=1S/C14H16BrN3O3/c1-19-7-11-12(15)13(16)18-14(17-11)8-4-9(20-2)6-10(5-8)21-3/h4-6H,7H2,1-3H3,(H2,16,17,18). The summed E-state index contributed by atoms with van der Waals surface area (Å²) in [6, 6.07) is 5.42. The first-order valence-electron chi connectivity index (χ1n) is 6.13. The van der Waals surface area contributed by atoms with Crippen molar-refractivity contribution in [2.75, 3.05) is 27.1 Å². The van der Waals surface area contributed by atoms with Crippen LogP contribution in [0.4, 0.5) is 5.82 Å². The minimum Gasteiger partial charge on any atom is -0.497 e. The molecular weight excluding hydrogens is 338 g/mol. The van der Waals surface area contributed by atoms with Gasteiger partial charge in [0.25, 0.3) is 0 Å². The number of aromatic nitrogens is 2. The second-order valence-electron chi connectivity index (χ2n) is 4.23. The van der Waals surface area contributed by atoms with Gasteiger partial charge in [0, 0.05) is 18.7 Å². The van der Waals surface area contributed by atoms with E-state index in [1.165, 1.54) is 0 Å². The molecule has 2 rings (SSSR count). The first-order chi connectivity index (χ1) is 10.1. The molecule has 112 valence electrons. The highest BCUT2D eigenvalue weighted by Crippen LogP contribution is 2.30. The van der Waals surface area contributed by atoms with Gasteiger partial charge < -0.3 is 19.9 Å². The maximum Gasteiger partial charge on any atom is 0.162 e. The minimum atomic E-state index is 0.335. The molecule has 0 aliphatic rings. The number of hydrogen-bond acceptors (Lipinski definition) is 6. The van der Waals surface area contributed by atoms with Crippen LogP contribution in [0, 0.1) is 0 Å². The molecule has 2 aromatic rings. The molecule has 0 amide bonds. The molecule has 0 saturated carbocycles. The highest BCUT2D eigenvalue weighted by molar-refractivity contribution is 9.10. The van der Waals surface area contributed by atoms with Gasteiger partial charge in [-0.05, 0) is 28.1 Å². The Bertz CT molecular complexity index is 627. The Balaban J connectivity index is 2.55. The number of nitrogens with zero attached hydrogens (tertiary/aromatic N) is 2. The third kappa shape index (κ3) is 3.43. The fraction of sp³-hybridized carbons (Fsp3) is 0.286. The molecule has 1 heterocycles. The maximum absolute atomic E-state index is 5.91. The van der Waals surface area contributed by atoms with E-state index in [4.69, 9.17) is 19.9 Å². The van der Waals surface area contributed by atoms with E-state index in [1.807, 2.05) is 12.1 Å². The Morgan fingerprint density at radius 3 is 2.19 bits per heavy atom. The van der Waals surface area contributed by atoms with Crippen LogP contribution in [0.15, 0.2) is 22.7 Å². The van der Waals surface area contributed by atoms with E-state index in [-0.39, 0.29) is 0 Å². The molecule has 0 unspecified atom stereocenters. The number of nitrogens with two attached hydrogens (primary N) is 1. The summed E-state index contributed by atoms with van der Waals surface area (Å²) in [5.41, 5.74) is 7.35. The van der Waals surface area contributed by atoms with Crippen molar-refractivity contribution in [3.63, 3.8) is 0 Å². The van der Waals surface area contributed by atoms with Crippen molar-refractivity contribution in [2.45, 2.75) is 6.61 Å². The van der Waals surface area contributed by atoms with Crippen LogP contribution in [0.5, 0.6) is 11.5 Å². The van der Waals surface area contributed by atoms with Gasteiger partial charge in [0.15, 0.2) is 5.82 Å². The fourth-order valence-electron chi connectivity index (χ4n) is 1.81. The molecule has 0 fully saturated rings. The van der Waals surface area contributed by atoms with E-state index in [9.17, 15) is 0 Å². The third-order valence-electron chi connectivity index (χ3n) is 2.84. The van der Waals surface area contributed by atoms with Gasteiger partial charge in [-0.1, -0.05) is 0 Å². The van der Waals surface area contributed by atoms with Gasteiger partial charge >= 0.3 is 0 Å². The van der Waals surface area contributed by atoms with Crippen molar-refractivity contribution in [3.05, 3.63) is 28.4 Å². The number of anilines is 1. The SMILES string of the molecule is COCc1nc(-c2cc(OC)cc(OC)c2)nc(N)c1Br. The van der Waals surface area contributed by atoms with Gasteiger partial charge in [-0.3, -0.25) is 0 Å². The number of halogens is 1. The maximum atomic E-state index is 5.91. The number of hydrogen-bond donors (Lipinski definition) is 1. The Morgan fingerprint density at radius 1 is 1.05 bits per heavy atom. The molecule has 0 radical (unpaired) electrons. The number of benzene rings is 1. The summed E-state index contributed by atoms with van der Waals surface area (Å²) >= 11 is 3.36. The van der Waals surface area contributed by atoms with E-state index < -0.39 is 0 Å². The zero-order valence-electron chi connectivity index (χ0n) is 12.0. The molecule has 0 saturated heterocycles. The van der Waals surface area contributed by atoms with Crippen LogP contribution in [-0.4, -0.2) is 31.3 Å². The molecule has 2 N–H and O–H groups in total. The number of rotatable bonds is 5. The average molecular weight is 354 g/mol. The van der Waals surface area contributed by atoms with Crippen LogP contribution in [0.1, 0.15) is 5.69 Å². The molecule has 0 aliphatic heterocycles. The summed E-state index contributed by atoms with van der Waals surface area (Å²) in [6.45, 7) is 0.335. The lowest BCUT2D eigenvalue weighted by Crippen LogP contribution is -2.04. The van der Waals surface area contributed by atoms with E-state index in [0.717, 1.165) is 5.56 Å². The van der Waals surface area contributed by atoms with Crippen LogP contribution in [0.2, 0.25) is 0 Å². The summed E-state index contributed by atoms with van der Waals surface area (Å²) in [6.07, 6.45) is 0. The first-order valence-corrected chi connectivity index (χ1v) is 6.92. The molecule has 21 heavy (non-hydrogen) atoms. The quantitative estimate of drug-likeness (QED) is 0.889. The Labute approximate surface area is 131 Å². The number of nitrogen functional groups attached to an aromatic ring is 1. The second kappa shape index (κ2) is 6.73. The molecule has 6 nitrogen and oxygen atoms in total. The lowest BCUT2D eigenvalue weighted by atomic mass is 10.2. The highest BCUT2D eigenvalue weighted by Gasteiger charge is 2.13. The van der Waals surface area contributed by atoms with Crippen LogP contribution in [0.25, 0.3) is 11.4 Å². The van der Waals surface area contributed by atoms with Crippen molar-refractivity contribution in [1.82, 2.24) is 9.97 Å². The molecule has 0 atom stereocenters. The average Bonchev–Trinajstić information content (AvgIpc) is 2.51. The normalized spacial score (nSPS) is 10.5. The summed E-state index contributed by atoms with van der Waals surface area (Å²) < 4.78 is 16.3. The fourth-order valence-corrected chi connectivity index (χ4v) is 2.10. The number of methoxy groups -OCH3 is 3. The van der Waals surface area contributed by atoms with Gasteiger partial charge in [0.05, 0.1) is 31.0 Å². The van der Waals surface area contributed by atoms with Crippen LogP contribution in [-0.2, 0) is 11.3 Å². The summed E-state index contributed by atoms with van der Waals surface area (Å²) in [5.74, 6) is 2.15. The minimum absolute atomic E-state index is 0.335. The molecule has 0 spiro atoms. The molecule has 1 aromatic carbocycles. The summed E-state index contributed by atoms with van der Waals surface area (Å²) in [7, 11) is 4.77. The van der Waals surface area contributed by atoms with E-state index in [0.29, 0.717) is 39.9 Å². The topological polar surface area (TPSA) is 79.5 Å². The second-order valence-corrected chi connectivity index (χ2v) is 5.02. The van der Waals surface area contributed by atoms with Crippen LogP contribution in [0.3, 0.4) is 0 Å². The molecule has 0 aliphatic carbocycles. The Morgan fingerprint density at radius 2 is 1.67 bits per heavy atom. The van der Waals surface area contributed by atoms with Crippen LogP contribution < -0.4 is 15.2 Å². The zero-order valence-corrected chi connectivity index (χ0v) is 13.6. The largest absolute Gasteiger partial charge is 0.497 e. The summed E-state index contributed by atoms with van der Waals surface area (Å²) in [5, 5.41) is 0. The van der Waals surface area contributed by atoms with Crippen LogP contribution >= 0.6 is 15.9 Å². The molecule has 0 bridgehead atoms. The monoisotopic (exact) mass is 353 g/mol. The highest BCUT2D eigenvalue weighted by atomic mass is 79.9. The van der Waals surface area contributed by atoms with Gasteiger partial charge in [-0.15, -0.1) is 0 Å². The summed E-state index contributed by atoms with van der Waals surface area (Å²) in [4.78, 5) is 8.76. The molecule has 1 aromatic heterocycles. The zero-order chi connectivity index (χ0) is 15.4. The van der Waals surface area contributed by atoms with Gasteiger partial charge in [-0.25, -0.2) is 9.97 Å². The smallest absolute Gasteiger partial charge is 0.162 e. The molecular formula is C14H16BrN3O3. The van der Waals surface area contributed by atoms with Gasteiger partial charge in [0.2, 0.25) is 0 Å². The van der Waals surface area contributed by atoms with Gasteiger partial charge in [0.1, 0.15) is 17.3 Å². The predicted molar refractivity (Wildman–Crippen MR) is 83.4 cm³/mol. The lowest BCUT2D eigenvalue weighted by Gasteiger charge is -2.11. The predicted octanol–water partition coefficient (Wildman–Crippen LogP) is 2.65. The van der Waals surface area contributed by atoms with Crippen molar-refractivity contribution in [1.29, 1.82) is 0 Å². The van der Waals surface area contributed by atoms with Crippen molar-refractivity contribution < 1.29 is 14.2 Å². The van der Waals surface area contributed by atoms with E-state index in [1.54, 1.807) is 27.4 Å². The molecule has 7 heteroatoms. The van der Waals surface area contributed by atoms with E-state index in [2.05, 4.69) is 25.9 Å². The van der Waals surface area contributed by atoms with Crippen molar-refractivity contribution in [3.8, 4) is 22.9 Å². The van der Waals surface area contributed by atoms with Crippen molar-refractivity contribution in [2.24, 2.45) is 0 Å². The number of ether oxygens (including phenoxy) is 3. The first kappa shape index (κ1) is 15.5. The van der Waals surface area contributed by atoms with Crippen molar-refractivity contribution >= 4 is 21.7 Å². The third-order valence-corrected chi connectivity index (χ3v) is 3.70. The van der Waals surface area contributed by atoms with E-state index >= 15 is 0 Å². The Kier molecular flexibility index (Phi) is 4.98.